The van der Waals surface area contributed by atoms with Crippen LogP contribution in [0.1, 0.15) is 42.7 Å². The van der Waals surface area contributed by atoms with E-state index in [1.165, 1.54) is 16.9 Å². The molecule has 0 radical (unpaired) electrons. The highest BCUT2D eigenvalue weighted by atomic mass is 32.1. The molecule has 0 aliphatic carbocycles. The van der Waals surface area contributed by atoms with Gasteiger partial charge in [0.2, 0.25) is 0 Å². The Kier molecular flexibility index (Phi) is 5.98. The molecule has 1 N–H and O–H groups in total. The van der Waals surface area contributed by atoms with Crippen molar-refractivity contribution in [1.29, 1.82) is 0 Å². The van der Waals surface area contributed by atoms with E-state index in [9.17, 15) is 0 Å². The zero-order chi connectivity index (χ0) is 13.3. The predicted octanol–water partition coefficient (Wildman–Crippen LogP) is 3.60. The molecule has 3 nitrogen and oxygen atoms in total. The molecule has 0 saturated carbocycles. The number of thiophene rings is 1. The number of nitrogens with zero attached hydrogens (tertiary/aromatic N) is 2. The molecule has 0 fully saturated rings. The standard InChI is InChI=1S/C15H21N3S/c1-2-8-18-15(13-10-16-12-17-11-13)7-3-5-14-6-4-9-19-14/h4,6,9-12,15,18H,2-3,5,7-8H2,1H3. The van der Waals surface area contributed by atoms with Gasteiger partial charge in [-0.3, -0.25) is 0 Å². The van der Waals surface area contributed by atoms with Crippen LogP contribution in [0.4, 0.5) is 0 Å². The fourth-order valence-corrected chi connectivity index (χ4v) is 2.88. The van der Waals surface area contributed by atoms with Crippen LogP contribution in [0.25, 0.3) is 0 Å². The number of nitrogens with one attached hydrogen (secondary N) is 1. The first kappa shape index (κ1) is 14.2. The fraction of sp³-hybridized carbons (Fsp3) is 0.467. The highest BCUT2D eigenvalue weighted by Crippen LogP contribution is 2.20. The topological polar surface area (TPSA) is 37.8 Å². The van der Waals surface area contributed by atoms with E-state index in [4.69, 9.17) is 0 Å². The molecule has 1 atom stereocenters. The molecule has 0 bridgehead atoms. The second-order valence-corrected chi connectivity index (χ2v) is 5.68. The minimum absolute atomic E-state index is 0.376. The first-order valence-electron chi connectivity index (χ1n) is 6.91. The summed E-state index contributed by atoms with van der Waals surface area (Å²) in [5, 5.41) is 5.74. The van der Waals surface area contributed by atoms with Gasteiger partial charge in [-0.1, -0.05) is 13.0 Å². The van der Waals surface area contributed by atoms with Crippen LogP contribution in [0, 0.1) is 0 Å². The maximum Gasteiger partial charge on any atom is 0.115 e. The van der Waals surface area contributed by atoms with Crippen molar-refractivity contribution in [2.45, 2.75) is 38.6 Å². The molecule has 2 aromatic heterocycles. The van der Waals surface area contributed by atoms with Crippen molar-refractivity contribution in [3.8, 4) is 0 Å². The fourth-order valence-electron chi connectivity index (χ4n) is 2.13. The van der Waals surface area contributed by atoms with Gasteiger partial charge in [0.25, 0.3) is 0 Å². The summed E-state index contributed by atoms with van der Waals surface area (Å²) < 4.78 is 0. The van der Waals surface area contributed by atoms with Gasteiger partial charge in [0, 0.05) is 28.9 Å². The third-order valence-corrected chi connectivity index (χ3v) is 4.06. The minimum Gasteiger partial charge on any atom is -0.310 e. The number of aromatic nitrogens is 2. The van der Waals surface area contributed by atoms with Gasteiger partial charge in [-0.15, -0.1) is 11.3 Å². The van der Waals surface area contributed by atoms with Crippen LogP contribution in [0.3, 0.4) is 0 Å². The molecule has 2 aromatic rings. The van der Waals surface area contributed by atoms with Crippen LogP contribution >= 0.6 is 11.3 Å². The number of hydrogen-bond donors (Lipinski definition) is 1. The second-order valence-electron chi connectivity index (χ2n) is 4.65. The summed E-state index contributed by atoms with van der Waals surface area (Å²) in [6.07, 6.45) is 10.1. The lowest BCUT2D eigenvalue weighted by Gasteiger charge is -2.18. The van der Waals surface area contributed by atoms with Crippen molar-refractivity contribution < 1.29 is 0 Å². The lowest BCUT2D eigenvalue weighted by atomic mass is 10.0. The molecule has 0 spiro atoms. The quantitative estimate of drug-likeness (QED) is 0.800. The Hall–Kier alpha value is -1.26. The van der Waals surface area contributed by atoms with Crippen molar-refractivity contribution >= 4 is 11.3 Å². The molecular formula is C15H21N3S. The monoisotopic (exact) mass is 275 g/mol. The number of rotatable bonds is 8. The van der Waals surface area contributed by atoms with Crippen LogP contribution in [0.15, 0.2) is 36.2 Å². The van der Waals surface area contributed by atoms with E-state index < -0.39 is 0 Å². The molecule has 4 heteroatoms. The molecular weight excluding hydrogens is 254 g/mol. The molecule has 0 amide bonds. The average molecular weight is 275 g/mol. The molecule has 2 heterocycles. The summed E-state index contributed by atoms with van der Waals surface area (Å²) >= 11 is 1.84. The predicted molar refractivity (Wildman–Crippen MR) is 80.3 cm³/mol. The first-order valence-corrected chi connectivity index (χ1v) is 7.78. The molecule has 0 aliphatic heterocycles. The third-order valence-electron chi connectivity index (χ3n) is 3.12. The number of aryl methyl sites for hydroxylation is 1. The van der Waals surface area contributed by atoms with Gasteiger partial charge in [-0.2, -0.15) is 0 Å². The molecule has 2 rings (SSSR count). The van der Waals surface area contributed by atoms with E-state index in [1.807, 2.05) is 23.7 Å². The summed E-state index contributed by atoms with van der Waals surface area (Å²) in [5.41, 5.74) is 1.20. The van der Waals surface area contributed by atoms with Crippen LogP contribution < -0.4 is 5.32 Å². The summed E-state index contributed by atoms with van der Waals surface area (Å²) in [5.74, 6) is 0. The summed E-state index contributed by atoms with van der Waals surface area (Å²) in [7, 11) is 0. The third kappa shape index (κ3) is 4.73. The Bertz CT molecular complexity index is 442. The molecule has 0 saturated heterocycles. The lowest BCUT2D eigenvalue weighted by molar-refractivity contribution is 0.482. The van der Waals surface area contributed by atoms with Gasteiger partial charge in [0.1, 0.15) is 6.33 Å². The largest absolute Gasteiger partial charge is 0.310 e. The van der Waals surface area contributed by atoms with Gasteiger partial charge < -0.3 is 5.32 Å². The summed E-state index contributed by atoms with van der Waals surface area (Å²) in [4.78, 5) is 9.72. The highest BCUT2D eigenvalue weighted by Gasteiger charge is 2.10. The van der Waals surface area contributed by atoms with Gasteiger partial charge in [-0.05, 0) is 43.7 Å². The Morgan fingerprint density at radius 1 is 1.32 bits per heavy atom. The zero-order valence-electron chi connectivity index (χ0n) is 11.4. The maximum absolute atomic E-state index is 4.12. The van der Waals surface area contributed by atoms with Crippen LogP contribution in [-0.4, -0.2) is 16.5 Å². The smallest absolute Gasteiger partial charge is 0.115 e. The van der Waals surface area contributed by atoms with E-state index in [1.54, 1.807) is 6.33 Å². The minimum atomic E-state index is 0.376. The SMILES string of the molecule is CCCNC(CCCc1cccs1)c1cncnc1. The number of hydrogen-bond acceptors (Lipinski definition) is 4. The van der Waals surface area contributed by atoms with Crippen LogP contribution in [0.2, 0.25) is 0 Å². The Morgan fingerprint density at radius 2 is 2.16 bits per heavy atom. The van der Waals surface area contributed by atoms with E-state index >= 15 is 0 Å². The van der Waals surface area contributed by atoms with E-state index in [-0.39, 0.29) is 0 Å². The average Bonchev–Trinajstić information content (AvgIpc) is 2.97. The van der Waals surface area contributed by atoms with E-state index in [0.717, 1.165) is 25.8 Å². The zero-order valence-corrected chi connectivity index (χ0v) is 12.2. The molecule has 1 unspecified atom stereocenters. The van der Waals surface area contributed by atoms with Gasteiger partial charge in [-0.25, -0.2) is 9.97 Å². The van der Waals surface area contributed by atoms with Crippen LogP contribution in [0.5, 0.6) is 0 Å². The van der Waals surface area contributed by atoms with Crippen molar-refractivity contribution in [1.82, 2.24) is 15.3 Å². The van der Waals surface area contributed by atoms with Crippen molar-refractivity contribution in [2.24, 2.45) is 0 Å². The van der Waals surface area contributed by atoms with Crippen LogP contribution in [-0.2, 0) is 6.42 Å². The van der Waals surface area contributed by atoms with Gasteiger partial charge in [0.15, 0.2) is 0 Å². The summed E-state index contributed by atoms with van der Waals surface area (Å²) in [6.45, 7) is 3.23. The molecule has 0 aromatic carbocycles. The van der Waals surface area contributed by atoms with Crippen molar-refractivity contribution in [2.75, 3.05) is 6.54 Å². The Balaban J connectivity index is 1.87. The lowest BCUT2D eigenvalue weighted by Crippen LogP contribution is -2.22. The van der Waals surface area contributed by atoms with Gasteiger partial charge >= 0.3 is 0 Å². The maximum atomic E-state index is 4.12. The Labute approximate surface area is 119 Å². The normalized spacial score (nSPS) is 12.5. The van der Waals surface area contributed by atoms with Crippen molar-refractivity contribution in [3.63, 3.8) is 0 Å². The van der Waals surface area contributed by atoms with Crippen molar-refractivity contribution in [3.05, 3.63) is 46.7 Å². The molecule has 0 aliphatic rings. The summed E-state index contributed by atoms with van der Waals surface area (Å²) in [6, 6.07) is 4.71. The van der Waals surface area contributed by atoms with E-state index in [2.05, 4.69) is 39.7 Å². The molecule has 102 valence electrons. The second kappa shape index (κ2) is 8.02. The van der Waals surface area contributed by atoms with E-state index in [0.29, 0.717) is 6.04 Å². The van der Waals surface area contributed by atoms with Gasteiger partial charge in [0.05, 0.1) is 0 Å². The highest BCUT2D eigenvalue weighted by molar-refractivity contribution is 7.09. The first-order chi connectivity index (χ1) is 9.40. The molecule has 19 heavy (non-hydrogen) atoms. The Morgan fingerprint density at radius 3 is 2.84 bits per heavy atom.